The van der Waals surface area contributed by atoms with E-state index in [2.05, 4.69) is 64.2 Å². The number of hydrogen-bond acceptors (Lipinski definition) is 1. The van der Waals surface area contributed by atoms with Crippen molar-refractivity contribution in [3.8, 4) is 0 Å². The monoisotopic (exact) mass is 286 g/mol. The van der Waals surface area contributed by atoms with Crippen LogP contribution in [0.1, 0.15) is 33.6 Å². The van der Waals surface area contributed by atoms with Gasteiger partial charge in [-0.3, -0.25) is 4.90 Å². The Bertz CT molecular complexity index is 583. The fourth-order valence-corrected chi connectivity index (χ4v) is 4.86. The second-order valence-electron chi connectivity index (χ2n) is 6.97. The molecule has 2 heteroatoms. The third-order valence-corrected chi connectivity index (χ3v) is 5.58. The van der Waals surface area contributed by atoms with Crippen molar-refractivity contribution < 1.29 is 4.90 Å². The Kier molecular flexibility index (Phi) is 3.55. The second-order valence-corrected chi connectivity index (χ2v) is 8.15. The van der Waals surface area contributed by atoms with Crippen LogP contribution in [0.3, 0.4) is 0 Å². The largest absolute Gasteiger partial charge is 0.289 e. The average molecular weight is 286 g/mol. The van der Waals surface area contributed by atoms with Crippen LogP contribution in [0, 0.1) is 5.41 Å². The third-order valence-electron chi connectivity index (χ3n) is 4.23. The summed E-state index contributed by atoms with van der Waals surface area (Å²) in [5, 5.41) is 0.514. The molecule has 2 aliphatic rings. The first kappa shape index (κ1) is 14.0. The SMILES string of the molecule is CC1=C/C(=C/C2Sc3ccccc3[NH+]2C)CC(C)(C)C1. The molecule has 0 radical (unpaired) electrons. The van der Waals surface area contributed by atoms with Crippen molar-refractivity contribution in [2.75, 3.05) is 7.05 Å². The van der Waals surface area contributed by atoms with Crippen LogP contribution in [0.4, 0.5) is 5.69 Å². The van der Waals surface area contributed by atoms with Gasteiger partial charge in [0.05, 0.1) is 11.9 Å². The van der Waals surface area contributed by atoms with E-state index in [1.807, 2.05) is 11.8 Å². The second kappa shape index (κ2) is 5.09. The van der Waals surface area contributed by atoms with Gasteiger partial charge < -0.3 is 0 Å². The molecule has 1 aliphatic carbocycles. The van der Waals surface area contributed by atoms with Crippen LogP contribution in [0.2, 0.25) is 0 Å². The molecular formula is C18H24NS+. The van der Waals surface area contributed by atoms with E-state index < -0.39 is 0 Å². The number of likely N-dealkylation sites (N-methyl/N-ethyl adjacent to an activating group) is 1. The summed E-state index contributed by atoms with van der Waals surface area (Å²) in [6.45, 7) is 7.02. The summed E-state index contributed by atoms with van der Waals surface area (Å²) < 4.78 is 0. The maximum absolute atomic E-state index is 2.49. The van der Waals surface area contributed by atoms with E-state index in [1.165, 1.54) is 39.5 Å². The van der Waals surface area contributed by atoms with E-state index in [1.54, 1.807) is 0 Å². The first-order valence-electron chi connectivity index (χ1n) is 7.42. The van der Waals surface area contributed by atoms with Gasteiger partial charge in [-0.15, -0.1) is 0 Å². The molecule has 20 heavy (non-hydrogen) atoms. The van der Waals surface area contributed by atoms with Gasteiger partial charge in [0.25, 0.3) is 0 Å². The standard InChI is InChI=1S/C18H23NS/c1-13-9-14(12-18(2,3)11-13)10-17-19(4)15-7-5-6-8-16(15)20-17/h5-10,17H,11-12H2,1-4H3/p+1/b14-10-. The van der Waals surface area contributed by atoms with Crippen LogP contribution in [0.5, 0.6) is 0 Å². The minimum atomic E-state index is 0.411. The number of allylic oxidation sites excluding steroid dienone is 3. The quantitative estimate of drug-likeness (QED) is 0.819. The summed E-state index contributed by atoms with van der Waals surface area (Å²) in [6.07, 6.45) is 7.32. The van der Waals surface area contributed by atoms with E-state index >= 15 is 0 Å². The van der Waals surface area contributed by atoms with Gasteiger partial charge in [-0.2, -0.15) is 0 Å². The lowest BCUT2D eigenvalue weighted by Crippen LogP contribution is -3.05. The number of nitrogens with one attached hydrogen (secondary N) is 1. The highest BCUT2D eigenvalue weighted by Crippen LogP contribution is 2.39. The van der Waals surface area contributed by atoms with Crippen LogP contribution in [-0.4, -0.2) is 12.4 Å². The predicted octanol–water partition coefficient (Wildman–Crippen LogP) is 3.96. The van der Waals surface area contributed by atoms with Gasteiger partial charge in [0.1, 0.15) is 5.69 Å². The van der Waals surface area contributed by atoms with E-state index in [0.717, 1.165) is 0 Å². The summed E-state index contributed by atoms with van der Waals surface area (Å²) in [5.41, 5.74) is 4.89. The Balaban J connectivity index is 1.86. The fraction of sp³-hybridized carbons (Fsp3) is 0.444. The van der Waals surface area contributed by atoms with Crippen LogP contribution < -0.4 is 4.90 Å². The smallest absolute Gasteiger partial charge is 0.163 e. The molecule has 1 aromatic rings. The van der Waals surface area contributed by atoms with Gasteiger partial charge in [-0.1, -0.05) is 49.4 Å². The molecule has 0 amide bonds. The van der Waals surface area contributed by atoms with Gasteiger partial charge in [0, 0.05) is 6.07 Å². The Morgan fingerprint density at radius 3 is 2.70 bits per heavy atom. The zero-order valence-electron chi connectivity index (χ0n) is 12.9. The first-order valence-corrected chi connectivity index (χ1v) is 8.30. The molecule has 0 aromatic heterocycles. The molecular weight excluding hydrogens is 262 g/mol. The van der Waals surface area contributed by atoms with E-state index in [9.17, 15) is 0 Å². The summed E-state index contributed by atoms with van der Waals surface area (Å²) in [6, 6.07) is 8.78. The third kappa shape index (κ3) is 2.72. The molecule has 1 heterocycles. The Morgan fingerprint density at radius 2 is 2.00 bits per heavy atom. The van der Waals surface area contributed by atoms with E-state index in [-0.39, 0.29) is 0 Å². The lowest BCUT2D eigenvalue weighted by Gasteiger charge is -2.30. The lowest BCUT2D eigenvalue weighted by atomic mass is 9.75. The molecule has 0 bridgehead atoms. The number of thioether (sulfide) groups is 1. The molecule has 3 rings (SSSR count). The number of para-hydroxylation sites is 1. The molecule has 2 unspecified atom stereocenters. The molecule has 1 aliphatic heterocycles. The zero-order valence-corrected chi connectivity index (χ0v) is 13.7. The lowest BCUT2D eigenvalue weighted by molar-refractivity contribution is -0.812. The zero-order chi connectivity index (χ0) is 14.3. The summed E-state index contributed by atoms with van der Waals surface area (Å²) >= 11 is 2.00. The van der Waals surface area contributed by atoms with Crippen molar-refractivity contribution in [2.24, 2.45) is 5.41 Å². The number of benzene rings is 1. The number of hydrogen-bond donors (Lipinski definition) is 1. The van der Waals surface area contributed by atoms with Crippen LogP contribution in [0.15, 0.2) is 52.5 Å². The van der Waals surface area contributed by atoms with Crippen LogP contribution in [0.25, 0.3) is 0 Å². The predicted molar refractivity (Wildman–Crippen MR) is 87.5 cm³/mol. The average Bonchev–Trinajstić information content (AvgIpc) is 2.64. The Morgan fingerprint density at radius 1 is 1.25 bits per heavy atom. The molecule has 1 N–H and O–H groups in total. The maximum atomic E-state index is 2.49. The van der Waals surface area contributed by atoms with Gasteiger partial charge in [-0.25, -0.2) is 0 Å². The molecule has 0 spiro atoms. The van der Waals surface area contributed by atoms with Gasteiger partial charge >= 0.3 is 0 Å². The number of rotatable bonds is 1. The van der Waals surface area contributed by atoms with Crippen molar-refractivity contribution in [1.82, 2.24) is 0 Å². The van der Waals surface area contributed by atoms with E-state index in [0.29, 0.717) is 10.8 Å². The van der Waals surface area contributed by atoms with Gasteiger partial charge in [-0.05, 0) is 42.9 Å². The minimum absolute atomic E-state index is 0.411. The number of fused-ring (bicyclic) bond motifs is 1. The molecule has 0 saturated carbocycles. The van der Waals surface area contributed by atoms with E-state index in [4.69, 9.17) is 0 Å². The first-order chi connectivity index (χ1) is 9.44. The summed E-state index contributed by atoms with van der Waals surface area (Å²) in [5.74, 6) is 0. The molecule has 2 atom stereocenters. The van der Waals surface area contributed by atoms with Crippen molar-refractivity contribution in [2.45, 2.75) is 43.9 Å². The molecule has 1 aromatic carbocycles. The van der Waals surface area contributed by atoms with Gasteiger partial charge in [0.2, 0.25) is 0 Å². The summed E-state index contributed by atoms with van der Waals surface area (Å²) in [4.78, 5) is 2.94. The highest BCUT2D eigenvalue weighted by molar-refractivity contribution is 8.00. The normalized spacial score (nSPS) is 30.2. The van der Waals surface area contributed by atoms with Crippen molar-refractivity contribution in [1.29, 1.82) is 0 Å². The highest BCUT2D eigenvalue weighted by Gasteiger charge is 2.32. The molecule has 106 valence electrons. The Hall–Kier alpha value is -0.990. The van der Waals surface area contributed by atoms with Crippen molar-refractivity contribution in [3.63, 3.8) is 0 Å². The molecule has 1 nitrogen and oxygen atoms in total. The molecule has 0 saturated heterocycles. The van der Waals surface area contributed by atoms with Crippen LogP contribution >= 0.6 is 11.8 Å². The fourth-order valence-electron chi connectivity index (χ4n) is 3.52. The van der Waals surface area contributed by atoms with Gasteiger partial charge in [0.15, 0.2) is 5.37 Å². The minimum Gasteiger partial charge on any atom is -0.289 e. The van der Waals surface area contributed by atoms with Crippen LogP contribution in [-0.2, 0) is 0 Å². The topological polar surface area (TPSA) is 4.44 Å². The maximum Gasteiger partial charge on any atom is 0.163 e. The number of quaternary nitrogens is 1. The summed E-state index contributed by atoms with van der Waals surface area (Å²) in [7, 11) is 2.28. The highest BCUT2D eigenvalue weighted by atomic mass is 32.2. The molecule has 0 fully saturated rings. The van der Waals surface area contributed by atoms with Crippen molar-refractivity contribution >= 4 is 17.4 Å². The van der Waals surface area contributed by atoms with Crippen molar-refractivity contribution in [3.05, 3.63) is 47.6 Å². The Labute approximate surface area is 126 Å².